The Morgan fingerprint density at radius 1 is 1.38 bits per heavy atom. The average molecular weight is 373 g/mol. The van der Waals surface area contributed by atoms with E-state index in [1.807, 2.05) is 6.92 Å². The minimum atomic E-state index is -0.306. The van der Waals surface area contributed by atoms with Crippen molar-refractivity contribution < 1.29 is 14.3 Å². The molecular weight excluding hydrogens is 354 g/mol. The molecule has 0 spiro atoms. The summed E-state index contributed by atoms with van der Waals surface area (Å²) in [6.45, 7) is 3.61. The topological polar surface area (TPSA) is 90.4 Å². The van der Waals surface area contributed by atoms with Gasteiger partial charge in [-0.3, -0.25) is 9.36 Å². The van der Waals surface area contributed by atoms with E-state index in [1.165, 1.54) is 16.3 Å². The molecule has 2 aromatic heterocycles. The molecule has 0 aliphatic rings. The molecule has 8 heteroatoms. The van der Waals surface area contributed by atoms with Gasteiger partial charge in [0.1, 0.15) is 11.5 Å². The van der Waals surface area contributed by atoms with Crippen molar-refractivity contribution in [2.75, 3.05) is 7.11 Å². The standard InChI is InChI=1S/C18H19N3O4S/c1-4-14-16(22)20-18(26-10-15-19-9-11(2)25-15)21(17(14)23)12-6-5-7-13(8-12)24-3/h5-9,22H,4,10H2,1-3H3. The van der Waals surface area contributed by atoms with Gasteiger partial charge in [-0.2, -0.15) is 4.98 Å². The van der Waals surface area contributed by atoms with E-state index in [1.54, 1.807) is 44.5 Å². The number of aromatic hydroxyl groups is 1. The third-order valence-electron chi connectivity index (χ3n) is 3.78. The van der Waals surface area contributed by atoms with Crippen molar-refractivity contribution in [3.05, 3.63) is 58.0 Å². The van der Waals surface area contributed by atoms with Crippen LogP contribution in [0.25, 0.3) is 5.69 Å². The highest BCUT2D eigenvalue weighted by molar-refractivity contribution is 7.98. The van der Waals surface area contributed by atoms with Crippen molar-refractivity contribution in [2.45, 2.75) is 31.2 Å². The van der Waals surface area contributed by atoms with Crippen molar-refractivity contribution in [1.82, 2.24) is 14.5 Å². The van der Waals surface area contributed by atoms with Gasteiger partial charge in [-0.15, -0.1) is 0 Å². The highest BCUT2D eigenvalue weighted by Gasteiger charge is 2.18. The average Bonchev–Trinajstić information content (AvgIpc) is 3.05. The molecule has 3 rings (SSSR count). The van der Waals surface area contributed by atoms with Crippen LogP contribution in [0.3, 0.4) is 0 Å². The van der Waals surface area contributed by atoms with Crippen LogP contribution in [-0.4, -0.2) is 26.8 Å². The highest BCUT2D eigenvalue weighted by atomic mass is 32.2. The van der Waals surface area contributed by atoms with Gasteiger partial charge in [-0.1, -0.05) is 24.8 Å². The van der Waals surface area contributed by atoms with Crippen LogP contribution in [-0.2, 0) is 12.2 Å². The van der Waals surface area contributed by atoms with Crippen LogP contribution in [0.1, 0.15) is 24.1 Å². The molecule has 0 fully saturated rings. The highest BCUT2D eigenvalue weighted by Crippen LogP contribution is 2.26. The molecule has 0 radical (unpaired) electrons. The van der Waals surface area contributed by atoms with Crippen LogP contribution in [0.4, 0.5) is 0 Å². The molecule has 0 bridgehead atoms. The van der Waals surface area contributed by atoms with Gasteiger partial charge in [0.05, 0.1) is 30.3 Å². The third kappa shape index (κ3) is 3.60. The lowest BCUT2D eigenvalue weighted by Crippen LogP contribution is -2.25. The number of aryl methyl sites for hydroxylation is 1. The normalized spacial score (nSPS) is 10.9. The van der Waals surface area contributed by atoms with E-state index in [9.17, 15) is 9.90 Å². The Balaban J connectivity index is 2.08. The number of nitrogens with zero attached hydrogens (tertiary/aromatic N) is 3. The van der Waals surface area contributed by atoms with Crippen LogP contribution in [0.5, 0.6) is 11.6 Å². The number of hydrogen-bond acceptors (Lipinski definition) is 7. The molecule has 3 aromatic rings. The molecular formula is C18H19N3O4S. The zero-order chi connectivity index (χ0) is 18.7. The molecule has 136 valence electrons. The van der Waals surface area contributed by atoms with Gasteiger partial charge < -0.3 is 14.3 Å². The zero-order valence-electron chi connectivity index (χ0n) is 14.7. The lowest BCUT2D eigenvalue weighted by molar-refractivity contribution is 0.414. The van der Waals surface area contributed by atoms with E-state index in [4.69, 9.17) is 9.15 Å². The van der Waals surface area contributed by atoms with Crippen LogP contribution in [0, 0.1) is 6.92 Å². The van der Waals surface area contributed by atoms with Crippen LogP contribution in [0.15, 0.2) is 44.8 Å². The van der Waals surface area contributed by atoms with Gasteiger partial charge in [0.2, 0.25) is 11.8 Å². The Bertz CT molecular complexity index is 981. The fourth-order valence-corrected chi connectivity index (χ4v) is 3.36. The molecule has 7 nitrogen and oxygen atoms in total. The van der Waals surface area contributed by atoms with E-state index in [0.29, 0.717) is 40.4 Å². The Labute approximate surface area is 154 Å². The molecule has 0 aliphatic heterocycles. The van der Waals surface area contributed by atoms with Crippen molar-refractivity contribution in [2.24, 2.45) is 0 Å². The fourth-order valence-electron chi connectivity index (χ4n) is 2.50. The monoisotopic (exact) mass is 373 g/mol. The summed E-state index contributed by atoms with van der Waals surface area (Å²) < 4.78 is 12.2. The number of methoxy groups -OCH3 is 1. The van der Waals surface area contributed by atoms with Crippen molar-refractivity contribution in [3.8, 4) is 17.3 Å². The molecule has 1 aromatic carbocycles. The smallest absolute Gasteiger partial charge is 0.265 e. The predicted octanol–water partition coefficient (Wildman–Crippen LogP) is 3.10. The second kappa shape index (κ2) is 7.65. The number of rotatable bonds is 6. The molecule has 0 saturated heterocycles. The molecule has 26 heavy (non-hydrogen) atoms. The van der Waals surface area contributed by atoms with Gasteiger partial charge in [0, 0.05) is 6.07 Å². The number of benzene rings is 1. The van der Waals surface area contributed by atoms with E-state index in [0.717, 1.165) is 0 Å². The van der Waals surface area contributed by atoms with Crippen LogP contribution >= 0.6 is 11.8 Å². The van der Waals surface area contributed by atoms with Crippen molar-refractivity contribution in [1.29, 1.82) is 0 Å². The maximum atomic E-state index is 12.9. The van der Waals surface area contributed by atoms with E-state index >= 15 is 0 Å². The number of thioether (sulfide) groups is 1. The summed E-state index contributed by atoms with van der Waals surface area (Å²) >= 11 is 1.26. The van der Waals surface area contributed by atoms with E-state index in [2.05, 4.69) is 9.97 Å². The number of ether oxygens (including phenoxy) is 1. The van der Waals surface area contributed by atoms with Crippen LogP contribution < -0.4 is 10.3 Å². The summed E-state index contributed by atoms with van der Waals surface area (Å²) in [5.74, 6) is 2.00. The molecule has 2 heterocycles. The first-order valence-electron chi connectivity index (χ1n) is 8.07. The van der Waals surface area contributed by atoms with E-state index in [-0.39, 0.29) is 17.0 Å². The maximum absolute atomic E-state index is 12.9. The molecule has 1 N–H and O–H groups in total. The van der Waals surface area contributed by atoms with Gasteiger partial charge in [0.25, 0.3) is 5.56 Å². The maximum Gasteiger partial charge on any atom is 0.265 e. The lowest BCUT2D eigenvalue weighted by Gasteiger charge is -2.14. The number of oxazole rings is 1. The van der Waals surface area contributed by atoms with E-state index < -0.39 is 0 Å². The predicted molar refractivity (Wildman–Crippen MR) is 98.2 cm³/mol. The Morgan fingerprint density at radius 3 is 2.85 bits per heavy atom. The molecule has 0 amide bonds. The molecule has 0 unspecified atom stereocenters. The third-order valence-corrected chi connectivity index (χ3v) is 4.71. The van der Waals surface area contributed by atoms with Gasteiger partial charge >= 0.3 is 0 Å². The summed E-state index contributed by atoms with van der Waals surface area (Å²) in [6, 6.07) is 7.14. The van der Waals surface area contributed by atoms with Gasteiger partial charge in [-0.25, -0.2) is 4.98 Å². The minimum Gasteiger partial charge on any atom is -0.497 e. The minimum absolute atomic E-state index is 0.247. The second-order valence-corrected chi connectivity index (χ2v) is 6.49. The first kappa shape index (κ1) is 18.1. The lowest BCUT2D eigenvalue weighted by atomic mass is 10.2. The number of aromatic nitrogens is 3. The van der Waals surface area contributed by atoms with Crippen molar-refractivity contribution in [3.63, 3.8) is 0 Å². The summed E-state index contributed by atoms with van der Waals surface area (Å²) in [6.07, 6.45) is 2.02. The summed E-state index contributed by atoms with van der Waals surface area (Å²) in [7, 11) is 1.56. The van der Waals surface area contributed by atoms with Gasteiger partial charge in [0.15, 0.2) is 5.16 Å². The second-order valence-electron chi connectivity index (χ2n) is 5.55. The summed E-state index contributed by atoms with van der Waals surface area (Å²) in [4.78, 5) is 21.3. The molecule has 0 saturated carbocycles. The number of hydrogen-bond donors (Lipinski definition) is 1. The first-order valence-corrected chi connectivity index (χ1v) is 9.05. The quantitative estimate of drug-likeness (QED) is 0.524. The van der Waals surface area contributed by atoms with Crippen molar-refractivity contribution >= 4 is 11.8 Å². The van der Waals surface area contributed by atoms with Crippen LogP contribution in [0.2, 0.25) is 0 Å². The largest absolute Gasteiger partial charge is 0.497 e. The summed E-state index contributed by atoms with van der Waals surface area (Å²) in [5, 5.41) is 10.5. The molecule has 0 aliphatic carbocycles. The van der Waals surface area contributed by atoms with Gasteiger partial charge in [-0.05, 0) is 25.5 Å². The molecule has 0 atom stereocenters. The summed E-state index contributed by atoms with van der Waals surface area (Å²) in [5.41, 5.74) is 0.575. The Hall–Kier alpha value is -2.74. The SMILES string of the molecule is CCc1c(O)nc(SCc2ncc(C)o2)n(-c2cccc(OC)c2)c1=O. The fraction of sp³-hybridized carbons (Fsp3) is 0.278. The first-order chi connectivity index (χ1) is 12.5. The Morgan fingerprint density at radius 2 is 2.19 bits per heavy atom. The zero-order valence-corrected chi connectivity index (χ0v) is 15.5. The Kier molecular flexibility index (Phi) is 5.32.